The third kappa shape index (κ3) is 4.65. The molecule has 0 radical (unpaired) electrons. The van der Waals surface area contributed by atoms with Crippen LogP contribution >= 0.6 is 0 Å². The summed E-state index contributed by atoms with van der Waals surface area (Å²) in [5.41, 5.74) is 5.03. The van der Waals surface area contributed by atoms with Crippen molar-refractivity contribution in [1.29, 1.82) is 0 Å². The van der Waals surface area contributed by atoms with Crippen molar-refractivity contribution in [3.05, 3.63) is 29.6 Å². The van der Waals surface area contributed by atoms with E-state index < -0.39 is 39.6 Å². The topological polar surface area (TPSA) is 110 Å². The summed E-state index contributed by atoms with van der Waals surface area (Å²) in [6.07, 6.45) is 2.80. The van der Waals surface area contributed by atoms with Gasteiger partial charge in [0.25, 0.3) is 5.91 Å². The molecule has 1 saturated carbocycles. The zero-order chi connectivity index (χ0) is 20.2. The Morgan fingerprint density at radius 2 is 1.85 bits per heavy atom. The van der Waals surface area contributed by atoms with Crippen molar-refractivity contribution in [3.8, 4) is 0 Å². The number of rotatable bonds is 7. The van der Waals surface area contributed by atoms with Gasteiger partial charge in [-0.1, -0.05) is 26.7 Å². The quantitative estimate of drug-likeness (QED) is 0.726. The molecule has 1 fully saturated rings. The lowest BCUT2D eigenvalue weighted by Crippen LogP contribution is -2.47. The minimum Gasteiger partial charge on any atom is -0.369 e. The second-order valence-corrected chi connectivity index (χ2v) is 8.54. The molecule has 0 bridgehead atoms. The normalized spacial score (nSPS) is 20.4. The number of hydrogen-bond acceptors (Lipinski definition) is 4. The molecule has 0 aromatic heterocycles. The molecule has 0 aliphatic heterocycles. The number of nitrogens with one attached hydrogen (secondary N) is 1. The summed E-state index contributed by atoms with van der Waals surface area (Å²) in [4.78, 5) is 24.0. The van der Waals surface area contributed by atoms with Crippen LogP contribution in [0.15, 0.2) is 23.1 Å². The van der Waals surface area contributed by atoms with Crippen molar-refractivity contribution >= 4 is 21.8 Å². The van der Waals surface area contributed by atoms with Crippen molar-refractivity contribution in [2.75, 3.05) is 13.1 Å². The highest BCUT2D eigenvalue weighted by atomic mass is 32.2. The van der Waals surface area contributed by atoms with Crippen LogP contribution in [-0.4, -0.2) is 43.7 Å². The van der Waals surface area contributed by atoms with Crippen LogP contribution in [0.2, 0.25) is 0 Å². The van der Waals surface area contributed by atoms with Gasteiger partial charge in [-0.3, -0.25) is 9.59 Å². The van der Waals surface area contributed by atoms with Crippen LogP contribution in [0.25, 0.3) is 0 Å². The highest BCUT2D eigenvalue weighted by Crippen LogP contribution is 2.25. The van der Waals surface area contributed by atoms with Crippen LogP contribution in [0.5, 0.6) is 0 Å². The first-order chi connectivity index (χ1) is 12.7. The number of halogens is 1. The molecule has 1 aliphatic rings. The average molecular weight is 399 g/mol. The number of hydrogen-bond donors (Lipinski definition) is 2. The van der Waals surface area contributed by atoms with Crippen LogP contribution in [-0.2, 0) is 14.8 Å². The van der Waals surface area contributed by atoms with Gasteiger partial charge in [-0.05, 0) is 31.0 Å². The first kappa shape index (κ1) is 21.3. The van der Waals surface area contributed by atoms with Gasteiger partial charge >= 0.3 is 0 Å². The molecule has 0 saturated heterocycles. The molecule has 7 nitrogen and oxygen atoms in total. The van der Waals surface area contributed by atoms with E-state index in [-0.39, 0.29) is 23.5 Å². The lowest BCUT2D eigenvalue weighted by Gasteiger charge is -2.30. The fourth-order valence-corrected chi connectivity index (χ4v) is 4.93. The Labute approximate surface area is 159 Å². The van der Waals surface area contributed by atoms with E-state index in [0.717, 1.165) is 31.0 Å². The van der Waals surface area contributed by atoms with Crippen molar-refractivity contribution < 1.29 is 22.4 Å². The minimum absolute atomic E-state index is 0.146. The lowest BCUT2D eigenvalue weighted by molar-refractivity contribution is -0.123. The molecule has 2 rings (SSSR count). The maximum Gasteiger partial charge on any atom is 0.254 e. The molecule has 150 valence electrons. The summed E-state index contributed by atoms with van der Waals surface area (Å²) in [7, 11) is -3.82. The van der Waals surface area contributed by atoms with E-state index in [1.165, 1.54) is 4.31 Å². The molecule has 9 heteroatoms. The highest BCUT2D eigenvalue weighted by molar-refractivity contribution is 7.89. The lowest BCUT2D eigenvalue weighted by atomic mass is 9.84. The molecule has 1 aliphatic carbocycles. The van der Waals surface area contributed by atoms with Crippen LogP contribution in [0.1, 0.15) is 49.9 Å². The smallest absolute Gasteiger partial charge is 0.254 e. The Bertz CT molecular complexity index is 809. The first-order valence-corrected chi connectivity index (χ1v) is 10.6. The zero-order valence-electron chi connectivity index (χ0n) is 15.6. The minimum atomic E-state index is -3.82. The molecule has 1 aromatic carbocycles. The second kappa shape index (κ2) is 8.79. The fourth-order valence-electron chi connectivity index (χ4n) is 3.44. The number of benzene rings is 1. The number of primary amides is 1. The van der Waals surface area contributed by atoms with Crippen molar-refractivity contribution in [3.63, 3.8) is 0 Å². The molecule has 0 unspecified atom stereocenters. The van der Waals surface area contributed by atoms with Gasteiger partial charge in [-0.15, -0.1) is 0 Å². The van der Waals surface area contributed by atoms with E-state index in [9.17, 15) is 22.4 Å². The zero-order valence-corrected chi connectivity index (χ0v) is 16.4. The molecule has 2 atom stereocenters. The molecule has 0 spiro atoms. The van der Waals surface area contributed by atoms with Gasteiger partial charge in [-0.25, -0.2) is 12.8 Å². The van der Waals surface area contributed by atoms with E-state index in [2.05, 4.69) is 5.32 Å². The van der Waals surface area contributed by atoms with E-state index >= 15 is 0 Å². The van der Waals surface area contributed by atoms with E-state index in [1.54, 1.807) is 13.8 Å². The van der Waals surface area contributed by atoms with E-state index in [1.807, 2.05) is 0 Å². The largest absolute Gasteiger partial charge is 0.369 e. The Morgan fingerprint density at radius 1 is 1.22 bits per heavy atom. The SMILES string of the molecule is CCN(CC)S(=O)(=O)c1ccc(F)c(C(=O)N[C@@H]2CCCC[C@@H]2C(N)=O)c1. The summed E-state index contributed by atoms with van der Waals surface area (Å²) in [5, 5.41) is 2.66. The fraction of sp³-hybridized carbons (Fsp3) is 0.556. The highest BCUT2D eigenvalue weighted by Gasteiger charge is 2.32. The van der Waals surface area contributed by atoms with Gasteiger partial charge in [0.1, 0.15) is 5.82 Å². The Balaban J connectivity index is 2.30. The second-order valence-electron chi connectivity index (χ2n) is 6.60. The van der Waals surface area contributed by atoms with Crippen LogP contribution in [0.3, 0.4) is 0 Å². The summed E-state index contributed by atoms with van der Waals surface area (Å²) in [6.45, 7) is 3.93. The molecule has 0 heterocycles. The molecule has 2 amide bonds. The van der Waals surface area contributed by atoms with Crippen LogP contribution < -0.4 is 11.1 Å². The van der Waals surface area contributed by atoms with Gasteiger partial charge in [0.2, 0.25) is 15.9 Å². The van der Waals surface area contributed by atoms with Crippen LogP contribution in [0.4, 0.5) is 4.39 Å². The van der Waals surface area contributed by atoms with Gasteiger partial charge in [0.15, 0.2) is 0 Å². The predicted molar refractivity (Wildman–Crippen MR) is 98.9 cm³/mol. The first-order valence-electron chi connectivity index (χ1n) is 9.12. The number of sulfonamides is 1. The number of carbonyl (C=O) groups is 2. The number of nitrogens with zero attached hydrogens (tertiary/aromatic N) is 1. The van der Waals surface area contributed by atoms with Crippen LogP contribution in [0, 0.1) is 11.7 Å². The number of carbonyl (C=O) groups excluding carboxylic acids is 2. The monoisotopic (exact) mass is 399 g/mol. The maximum absolute atomic E-state index is 14.2. The van der Waals surface area contributed by atoms with E-state index in [0.29, 0.717) is 12.8 Å². The summed E-state index contributed by atoms with van der Waals surface area (Å²) in [6, 6.07) is 2.68. The predicted octanol–water partition coefficient (Wildman–Crippen LogP) is 1.63. The Hall–Kier alpha value is -2.00. The third-order valence-corrected chi connectivity index (χ3v) is 7.02. The Kier molecular flexibility index (Phi) is 6.94. The summed E-state index contributed by atoms with van der Waals surface area (Å²) >= 11 is 0. The van der Waals surface area contributed by atoms with E-state index in [4.69, 9.17) is 5.73 Å². The van der Waals surface area contributed by atoms with Gasteiger partial charge < -0.3 is 11.1 Å². The van der Waals surface area contributed by atoms with Crippen molar-refractivity contribution in [1.82, 2.24) is 9.62 Å². The molecule has 3 N–H and O–H groups in total. The average Bonchev–Trinajstić information content (AvgIpc) is 2.62. The molecule has 27 heavy (non-hydrogen) atoms. The van der Waals surface area contributed by atoms with Crippen molar-refractivity contribution in [2.45, 2.75) is 50.5 Å². The molecular weight excluding hydrogens is 373 g/mol. The standard InChI is InChI=1S/C18H26FN3O4S/c1-3-22(4-2)27(25,26)12-9-10-15(19)14(11-12)18(24)21-16-8-6-5-7-13(16)17(20)23/h9-11,13,16H,3-8H2,1-2H3,(H2,20,23)(H,21,24)/t13-,16+/m0/s1. The van der Waals surface area contributed by atoms with Crippen molar-refractivity contribution in [2.24, 2.45) is 11.7 Å². The number of amides is 2. The number of nitrogens with two attached hydrogens (primary N) is 1. The summed E-state index contributed by atoms with van der Waals surface area (Å²) in [5.74, 6) is -2.58. The maximum atomic E-state index is 14.2. The summed E-state index contributed by atoms with van der Waals surface area (Å²) < 4.78 is 40.7. The Morgan fingerprint density at radius 3 is 2.44 bits per heavy atom. The van der Waals surface area contributed by atoms with Gasteiger partial charge in [0.05, 0.1) is 16.4 Å². The third-order valence-electron chi connectivity index (χ3n) is 4.97. The van der Waals surface area contributed by atoms with Gasteiger partial charge in [0, 0.05) is 19.1 Å². The van der Waals surface area contributed by atoms with Gasteiger partial charge in [-0.2, -0.15) is 4.31 Å². The molecular formula is C18H26FN3O4S. The molecule has 1 aromatic rings.